The summed E-state index contributed by atoms with van der Waals surface area (Å²) in [6, 6.07) is 24.0. The molecule has 0 aliphatic rings. The van der Waals surface area contributed by atoms with E-state index in [2.05, 4.69) is 0 Å². The first-order chi connectivity index (χ1) is 16.2. The van der Waals surface area contributed by atoms with Crippen molar-refractivity contribution in [2.75, 3.05) is 0 Å². The van der Waals surface area contributed by atoms with E-state index < -0.39 is 23.5 Å². The zero-order valence-electron chi connectivity index (χ0n) is 17.5. The van der Waals surface area contributed by atoms with Crippen LogP contribution in [0.1, 0.15) is 11.1 Å². The molecule has 0 unspecified atom stereocenters. The van der Waals surface area contributed by atoms with Gasteiger partial charge < -0.3 is 0 Å². The van der Waals surface area contributed by atoms with Crippen LogP contribution in [0.15, 0.2) is 97.1 Å². The zero-order valence-corrected chi connectivity index (χ0v) is 17.5. The van der Waals surface area contributed by atoms with E-state index in [-0.39, 0.29) is 22.3 Å². The van der Waals surface area contributed by atoms with Crippen LogP contribution in [-0.2, 0) is 12.4 Å². The van der Waals surface area contributed by atoms with Gasteiger partial charge in [0.1, 0.15) is 0 Å². The van der Waals surface area contributed by atoms with Gasteiger partial charge in [0.25, 0.3) is 0 Å². The van der Waals surface area contributed by atoms with Crippen molar-refractivity contribution in [2.24, 2.45) is 0 Å². The molecule has 0 aliphatic heterocycles. The predicted octanol–water partition coefficient (Wildman–Crippen LogP) is 9.36. The molecular weight excluding hydrogens is 450 g/mol. The Labute approximate surface area is 191 Å². The molecule has 0 bridgehead atoms. The molecule has 0 nitrogen and oxygen atoms in total. The minimum absolute atomic E-state index is 0.0902. The summed E-state index contributed by atoms with van der Waals surface area (Å²) in [7, 11) is 0. The third-order valence-electron chi connectivity index (χ3n) is 5.95. The highest BCUT2D eigenvalue weighted by Gasteiger charge is 2.36. The molecule has 0 heterocycles. The average molecular weight is 466 g/mol. The highest BCUT2D eigenvalue weighted by atomic mass is 19.4. The first-order valence-corrected chi connectivity index (χ1v) is 10.4. The smallest absolute Gasteiger partial charge is 0.166 e. The summed E-state index contributed by atoms with van der Waals surface area (Å²) in [5, 5.41) is 2.80. The summed E-state index contributed by atoms with van der Waals surface area (Å²) in [6.07, 6.45) is -9.35. The second-order valence-corrected chi connectivity index (χ2v) is 7.96. The van der Waals surface area contributed by atoms with Crippen LogP contribution in [0, 0.1) is 0 Å². The molecule has 5 rings (SSSR count). The minimum Gasteiger partial charge on any atom is -0.166 e. The highest BCUT2D eigenvalue weighted by molar-refractivity contribution is 6.15. The minimum atomic E-state index is -4.68. The summed E-state index contributed by atoms with van der Waals surface area (Å²) in [6.45, 7) is 0. The Morgan fingerprint density at radius 3 is 1.59 bits per heavy atom. The van der Waals surface area contributed by atoms with E-state index in [1.54, 1.807) is 18.2 Å². The van der Waals surface area contributed by atoms with Gasteiger partial charge in [-0.1, -0.05) is 84.9 Å². The largest absolute Gasteiger partial charge is 0.417 e. The number of benzene rings is 5. The van der Waals surface area contributed by atoms with E-state index >= 15 is 0 Å². The van der Waals surface area contributed by atoms with Crippen molar-refractivity contribution in [1.29, 1.82) is 0 Å². The van der Waals surface area contributed by atoms with Gasteiger partial charge in [-0.25, -0.2) is 0 Å². The number of fused-ring (bicyclic) bond motifs is 3. The SMILES string of the molecule is FC(F)(F)c1ccccc1-c1ccc2c(ccc3ccccc32)c1-c1ccccc1C(F)(F)F. The van der Waals surface area contributed by atoms with Crippen LogP contribution in [0.4, 0.5) is 26.3 Å². The zero-order chi connectivity index (χ0) is 24.1. The molecule has 6 heteroatoms. The summed E-state index contributed by atoms with van der Waals surface area (Å²) in [4.78, 5) is 0. The van der Waals surface area contributed by atoms with Gasteiger partial charge in [-0.15, -0.1) is 0 Å². The van der Waals surface area contributed by atoms with Crippen molar-refractivity contribution < 1.29 is 26.3 Å². The van der Waals surface area contributed by atoms with Crippen molar-refractivity contribution in [3.8, 4) is 22.3 Å². The normalized spacial score (nSPS) is 12.4. The van der Waals surface area contributed by atoms with Gasteiger partial charge >= 0.3 is 12.4 Å². The number of alkyl halides is 6. The fourth-order valence-corrected chi connectivity index (χ4v) is 4.52. The van der Waals surface area contributed by atoms with Crippen molar-refractivity contribution >= 4 is 21.5 Å². The highest BCUT2D eigenvalue weighted by Crippen LogP contribution is 2.47. The lowest BCUT2D eigenvalue weighted by atomic mass is 9.85. The fraction of sp³-hybridized carbons (Fsp3) is 0.0714. The number of hydrogen-bond donors (Lipinski definition) is 0. The van der Waals surface area contributed by atoms with Crippen LogP contribution in [-0.4, -0.2) is 0 Å². The fourth-order valence-electron chi connectivity index (χ4n) is 4.52. The van der Waals surface area contributed by atoms with E-state index in [9.17, 15) is 26.3 Å². The second kappa shape index (κ2) is 7.90. The van der Waals surface area contributed by atoms with Crippen LogP contribution in [0.5, 0.6) is 0 Å². The summed E-state index contributed by atoms with van der Waals surface area (Å²) < 4.78 is 83.7. The lowest BCUT2D eigenvalue weighted by Crippen LogP contribution is -2.09. The Balaban J connectivity index is 1.97. The topological polar surface area (TPSA) is 0 Å². The number of halogens is 6. The second-order valence-electron chi connectivity index (χ2n) is 7.96. The van der Waals surface area contributed by atoms with Crippen LogP contribution >= 0.6 is 0 Å². The molecule has 0 spiro atoms. The van der Waals surface area contributed by atoms with Crippen LogP contribution in [0.3, 0.4) is 0 Å². The summed E-state index contributed by atoms with van der Waals surface area (Å²) in [5.74, 6) is 0. The van der Waals surface area contributed by atoms with E-state index in [0.29, 0.717) is 10.8 Å². The molecule has 0 atom stereocenters. The third-order valence-corrected chi connectivity index (χ3v) is 5.95. The Bertz CT molecular complexity index is 1530. The Morgan fingerprint density at radius 2 is 0.912 bits per heavy atom. The maximum Gasteiger partial charge on any atom is 0.417 e. The van der Waals surface area contributed by atoms with Crippen LogP contribution < -0.4 is 0 Å². The van der Waals surface area contributed by atoms with Crippen molar-refractivity contribution in [2.45, 2.75) is 12.4 Å². The molecule has 0 N–H and O–H groups in total. The molecule has 0 aliphatic carbocycles. The third kappa shape index (κ3) is 3.69. The number of rotatable bonds is 2. The van der Waals surface area contributed by atoms with Gasteiger partial charge in [-0.2, -0.15) is 26.3 Å². The summed E-state index contributed by atoms with van der Waals surface area (Å²) in [5.41, 5.74) is -1.93. The molecule has 0 amide bonds. The van der Waals surface area contributed by atoms with E-state index in [1.807, 2.05) is 24.3 Å². The molecule has 5 aromatic rings. The standard InChI is InChI=1S/C28H16F6/c29-27(30,31)24-11-5-3-9-20(24)22-16-15-19-18-8-2-1-7-17(18)13-14-21(19)26(22)23-10-4-6-12-25(23)28(32,33)34/h1-16H. The molecule has 0 radical (unpaired) electrons. The molecule has 34 heavy (non-hydrogen) atoms. The molecule has 0 saturated carbocycles. The van der Waals surface area contributed by atoms with Gasteiger partial charge in [0.05, 0.1) is 11.1 Å². The van der Waals surface area contributed by atoms with Gasteiger partial charge in [0.2, 0.25) is 0 Å². The average Bonchev–Trinajstić information content (AvgIpc) is 2.82. The van der Waals surface area contributed by atoms with Crippen molar-refractivity contribution in [3.63, 3.8) is 0 Å². The van der Waals surface area contributed by atoms with Crippen molar-refractivity contribution in [1.82, 2.24) is 0 Å². The molecule has 5 aromatic carbocycles. The maximum absolute atomic E-state index is 14.0. The van der Waals surface area contributed by atoms with Gasteiger partial charge in [0.15, 0.2) is 0 Å². The first-order valence-electron chi connectivity index (χ1n) is 10.4. The molecule has 170 valence electrons. The molecule has 0 saturated heterocycles. The molecule has 0 aromatic heterocycles. The Kier molecular flexibility index (Phi) is 5.12. The van der Waals surface area contributed by atoms with Crippen molar-refractivity contribution in [3.05, 3.63) is 108 Å². The predicted molar refractivity (Wildman–Crippen MR) is 122 cm³/mol. The number of hydrogen-bond acceptors (Lipinski definition) is 0. The molecule has 0 fully saturated rings. The van der Waals surface area contributed by atoms with Gasteiger partial charge in [-0.3, -0.25) is 0 Å². The Hall–Kier alpha value is -3.80. The van der Waals surface area contributed by atoms with Crippen LogP contribution in [0.25, 0.3) is 43.8 Å². The monoisotopic (exact) mass is 466 g/mol. The van der Waals surface area contributed by atoms with E-state index in [1.165, 1.54) is 42.5 Å². The van der Waals surface area contributed by atoms with Gasteiger partial charge in [0, 0.05) is 0 Å². The quantitative estimate of drug-likeness (QED) is 0.180. The van der Waals surface area contributed by atoms with Crippen LogP contribution in [0.2, 0.25) is 0 Å². The maximum atomic E-state index is 14.0. The molecular formula is C28H16F6. The Morgan fingerprint density at radius 1 is 0.382 bits per heavy atom. The van der Waals surface area contributed by atoms with Gasteiger partial charge in [-0.05, 0) is 55.9 Å². The summed E-state index contributed by atoms with van der Waals surface area (Å²) >= 11 is 0. The first kappa shape index (κ1) is 22.0. The lowest BCUT2D eigenvalue weighted by Gasteiger charge is -2.21. The lowest BCUT2D eigenvalue weighted by molar-refractivity contribution is -0.138. The van der Waals surface area contributed by atoms with E-state index in [4.69, 9.17) is 0 Å². The van der Waals surface area contributed by atoms with E-state index in [0.717, 1.165) is 22.9 Å².